The number of fused-ring (bicyclic) bond motifs is 9. The Kier molecular flexibility index (Phi) is 11.8. The summed E-state index contributed by atoms with van der Waals surface area (Å²) in [7, 11) is 0. The van der Waals surface area contributed by atoms with Crippen LogP contribution < -0.4 is 4.90 Å². The van der Waals surface area contributed by atoms with Crippen molar-refractivity contribution in [2.45, 2.75) is 19.3 Å². The molecule has 0 spiro atoms. The molecule has 3 heterocycles. The first kappa shape index (κ1) is 47.3. The Hall–Kier alpha value is -10.2. The fourth-order valence-electron chi connectivity index (χ4n) is 12.1. The maximum absolute atomic E-state index is 4.67. The Morgan fingerprint density at radius 3 is 1.37 bits per heavy atom. The minimum Gasteiger partial charge on any atom is -0.310 e. The first-order valence-corrected chi connectivity index (χ1v) is 27.1. The van der Waals surface area contributed by atoms with Gasteiger partial charge in [0.1, 0.15) is 0 Å². The van der Waals surface area contributed by atoms with Crippen LogP contribution in [0.15, 0.2) is 291 Å². The van der Waals surface area contributed by atoms with E-state index >= 15 is 0 Å². The Morgan fingerprint density at radius 2 is 0.759 bits per heavy atom. The van der Waals surface area contributed by atoms with Crippen LogP contribution in [0, 0.1) is 0 Å². The first-order chi connectivity index (χ1) is 39.0. The van der Waals surface area contributed by atoms with Gasteiger partial charge >= 0.3 is 0 Å². The Balaban J connectivity index is 0.000000181. The Labute approximate surface area is 460 Å². The normalized spacial score (nSPS) is 12.3. The lowest BCUT2D eigenvalue weighted by molar-refractivity contribution is 0.660. The van der Waals surface area contributed by atoms with Crippen LogP contribution in [-0.4, -0.2) is 14.5 Å². The van der Waals surface area contributed by atoms with Crippen LogP contribution in [0.5, 0.6) is 0 Å². The van der Waals surface area contributed by atoms with Crippen molar-refractivity contribution in [3.05, 3.63) is 303 Å². The first-order valence-electron chi connectivity index (χ1n) is 27.1. The second-order valence-electron chi connectivity index (χ2n) is 20.9. The fraction of sp³-hybridized carbons (Fsp3) is 0.0400. The number of rotatable bonds is 8. The van der Waals surface area contributed by atoms with Gasteiger partial charge in [0.05, 0.1) is 22.1 Å². The van der Waals surface area contributed by atoms with Crippen molar-refractivity contribution in [3.8, 4) is 61.3 Å². The topological polar surface area (TPSA) is 34.0 Å². The lowest BCUT2D eigenvalue weighted by Crippen LogP contribution is -2.16. The number of nitrogens with zero attached hydrogens (tertiary/aromatic N) is 4. The van der Waals surface area contributed by atoms with Crippen LogP contribution in [0.1, 0.15) is 25.0 Å². The maximum Gasteiger partial charge on any atom is 0.0970 e. The average Bonchev–Trinajstić information content (AvgIpc) is 4.21. The summed E-state index contributed by atoms with van der Waals surface area (Å²) in [4.78, 5) is 11.7. The summed E-state index contributed by atoms with van der Waals surface area (Å²) in [6.45, 7) is 4.70. The molecule has 0 fully saturated rings. The zero-order valence-electron chi connectivity index (χ0n) is 44.0. The van der Waals surface area contributed by atoms with Crippen molar-refractivity contribution < 1.29 is 0 Å². The van der Waals surface area contributed by atoms with E-state index in [-0.39, 0.29) is 5.41 Å². The third kappa shape index (κ3) is 8.42. The quantitative estimate of drug-likeness (QED) is 0.142. The van der Waals surface area contributed by atoms with Gasteiger partial charge in [-0.05, 0) is 146 Å². The second-order valence-corrected chi connectivity index (χ2v) is 20.9. The lowest BCUT2D eigenvalue weighted by atomic mass is 9.82. The Bertz CT molecular complexity index is 4430. The van der Waals surface area contributed by atoms with E-state index < -0.39 is 0 Å². The molecule has 0 saturated heterocycles. The van der Waals surface area contributed by atoms with Crippen molar-refractivity contribution in [2.24, 2.45) is 0 Å². The highest BCUT2D eigenvalue weighted by atomic mass is 15.1. The highest BCUT2D eigenvalue weighted by molar-refractivity contribution is 6.12. The molecule has 11 aromatic carbocycles. The molecular weight excluding hydrogens is 957 g/mol. The summed E-state index contributed by atoms with van der Waals surface area (Å²) >= 11 is 0. The zero-order chi connectivity index (χ0) is 52.9. The molecule has 0 unspecified atom stereocenters. The molecule has 79 heavy (non-hydrogen) atoms. The van der Waals surface area contributed by atoms with Gasteiger partial charge in [-0.15, -0.1) is 0 Å². The number of hydrogen-bond donors (Lipinski definition) is 0. The molecule has 0 bridgehead atoms. The van der Waals surface area contributed by atoms with Gasteiger partial charge in [-0.1, -0.05) is 214 Å². The smallest absolute Gasteiger partial charge is 0.0970 e. The predicted molar refractivity (Wildman–Crippen MR) is 332 cm³/mol. The van der Waals surface area contributed by atoms with Crippen LogP contribution in [0.2, 0.25) is 0 Å². The number of pyridine rings is 2. The van der Waals surface area contributed by atoms with E-state index in [0.29, 0.717) is 0 Å². The van der Waals surface area contributed by atoms with Gasteiger partial charge in [-0.3, -0.25) is 9.97 Å². The molecule has 3 aromatic heterocycles. The number of aromatic nitrogens is 3. The van der Waals surface area contributed by atoms with Crippen molar-refractivity contribution in [1.29, 1.82) is 0 Å². The van der Waals surface area contributed by atoms with Crippen LogP contribution in [0.3, 0.4) is 0 Å². The molecule has 0 aliphatic heterocycles. The molecular formula is C75H54N4. The van der Waals surface area contributed by atoms with Crippen LogP contribution >= 0.6 is 0 Å². The van der Waals surface area contributed by atoms with Crippen LogP contribution in [0.4, 0.5) is 17.1 Å². The van der Waals surface area contributed by atoms with E-state index in [1.807, 2.05) is 24.5 Å². The highest BCUT2D eigenvalue weighted by Gasteiger charge is 2.35. The highest BCUT2D eigenvalue weighted by Crippen LogP contribution is 2.51. The van der Waals surface area contributed by atoms with Gasteiger partial charge in [0.15, 0.2) is 0 Å². The largest absolute Gasteiger partial charge is 0.310 e. The van der Waals surface area contributed by atoms with Gasteiger partial charge in [0.2, 0.25) is 0 Å². The zero-order valence-corrected chi connectivity index (χ0v) is 44.0. The van der Waals surface area contributed by atoms with Crippen molar-refractivity contribution in [2.75, 3.05) is 4.90 Å². The molecule has 0 atom stereocenters. The SMILES string of the molecule is CC1(C)c2ccccc2-c2ccc(N(c3ccc(-c4ccccc4)cc3)c3ccc(-c4ccc5c(c4)c4ccccc4n5-c4ccccc4)cc3)cc21.c1ccc(-c2ccnc3c2ccc2c(-c4ccccc4)ccnc23)cc1. The van der Waals surface area contributed by atoms with E-state index in [2.05, 4.69) is 300 Å². The number of anilines is 3. The van der Waals surface area contributed by atoms with E-state index in [9.17, 15) is 0 Å². The fourth-order valence-corrected chi connectivity index (χ4v) is 12.1. The van der Waals surface area contributed by atoms with Crippen LogP contribution in [-0.2, 0) is 5.41 Å². The number of benzene rings is 11. The third-order valence-electron chi connectivity index (χ3n) is 16.0. The van der Waals surface area contributed by atoms with Crippen LogP contribution in [0.25, 0.3) is 105 Å². The van der Waals surface area contributed by atoms with E-state index in [1.54, 1.807) is 0 Å². The predicted octanol–water partition coefficient (Wildman–Crippen LogP) is 20.0. The molecule has 1 aliphatic carbocycles. The third-order valence-corrected chi connectivity index (χ3v) is 16.0. The average molecular weight is 1010 g/mol. The number of para-hydroxylation sites is 2. The molecule has 15 rings (SSSR count). The summed E-state index contributed by atoms with van der Waals surface area (Å²) in [5.41, 5.74) is 23.8. The lowest BCUT2D eigenvalue weighted by Gasteiger charge is -2.28. The summed E-state index contributed by atoms with van der Waals surface area (Å²) in [6, 6.07) is 100. The number of hydrogen-bond acceptors (Lipinski definition) is 3. The van der Waals surface area contributed by atoms with Gasteiger partial charge < -0.3 is 9.47 Å². The Morgan fingerprint density at radius 1 is 0.304 bits per heavy atom. The summed E-state index contributed by atoms with van der Waals surface area (Å²) in [5.74, 6) is 0. The van der Waals surface area contributed by atoms with E-state index in [4.69, 9.17) is 0 Å². The van der Waals surface area contributed by atoms with Gasteiger partial charge in [-0.2, -0.15) is 0 Å². The van der Waals surface area contributed by atoms with E-state index in [1.165, 1.54) is 94.3 Å². The second kappa shape index (κ2) is 19.8. The maximum atomic E-state index is 4.67. The molecule has 14 aromatic rings. The van der Waals surface area contributed by atoms with Gasteiger partial charge in [0.25, 0.3) is 0 Å². The van der Waals surface area contributed by atoms with Gasteiger partial charge in [0, 0.05) is 62.1 Å². The molecule has 1 aliphatic rings. The van der Waals surface area contributed by atoms with Crippen molar-refractivity contribution >= 4 is 60.7 Å². The molecule has 4 nitrogen and oxygen atoms in total. The molecule has 4 heteroatoms. The van der Waals surface area contributed by atoms with Crippen molar-refractivity contribution in [3.63, 3.8) is 0 Å². The molecule has 374 valence electrons. The molecule has 0 saturated carbocycles. The minimum absolute atomic E-state index is 0.0864. The summed E-state index contributed by atoms with van der Waals surface area (Å²) in [6.07, 6.45) is 3.75. The monoisotopic (exact) mass is 1010 g/mol. The van der Waals surface area contributed by atoms with E-state index in [0.717, 1.165) is 38.9 Å². The minimum atomic E-state index is -0.0864. The summed E-state index contributed by atoms with van der Waals surface area (Å²) in [5, 5.41) is 4.78. The summed E-state index contributed by atoms with van der Waals surface area (Å²) < 4.78 is 2.37. The molecule has 0 radical (unpaired) electrons. The molecule has 0 N–H and O–H groups in total. The molecule has 0 amide bonds. The van der Waals surface area contributed by atoms with Gasteiger partial charge in [-0.25, -0.2) is 0 Å². The van der Waals surface area contributed by atoms with Crippen molar-refractivity contribution in [1.82, 2.24) is 14.5 Å². The standard InChI is InChI=1S/C51H38N2.C24H16N2/c1-51(2)47-19-11-9-17-43(47)44-31-30-42(34-48(44)51)52(40-26-21-36(22-27-40)35-13-5-3-6-14-35)41-28-23-37(24-29-41)38-25-32-50-46(33-38)45-18-10-12-20-49(45)53(50)39-15-7-4-8-16-39;1-3-7-17(8-4-1)19-13-15-25-23-21(19)11-12-22-20(14-16-26-24(22)23)18-9-5-2-6-10-18/h3-34H,1-2H3;1-16H.